The van der Waals surface area contributed by atoms with Crippen LogP contribution in [-0.2, 0) is 4.79 Å². The molecule has 0 spiro atoms. The summed E-state index contributed by atoms with van der Waals surface area (Å²) in [7, 11) is 0. The van der Waals surface area contributed by atoms with Gasteiger partial charge in [0.05, 0.1) is 10.2 Å². The number of carbonyl (C=O) groups is 1. The summed E-state index contributed by atoms with van der Waals surface area (Å²) in [5, 5.41) is 12.9. The van der Waals surface area contributed by atoms with Crippen molar-refractivity contribution in [3.05, 3.63) is 35.3 Å². The van der Waals surface area contributed by atoms with Gasteiger partial charge in [-0.2, -0.15) is 0 Å². The lowest BCUT2D eigenvalue weighted by Gasteiger charge is -2.20. The van der Waals surface area contributed by atoms with E-state index in [0.717, 1.165) is 28.1 Å². The predicted octanol–water partition coefficient (Wildman–Crippen LogP) is 3.22. The zero-order chi connectivity index (χ0) is 16.0. The summed E-state index contributed by atoms with van der Waals surface area (Å²) in [6, 6.07) is 7.92. The molecule has 22 heavy (non-hydrogen) atoms. The van der Waals surface area contributed by atoms with E-state index in [1.54, 1.807) is 17.4 Å². The predicted molar refractivity (Wildman–Crippen MR) is 91.8 cm³/mol. The van der Waals surface area contributed by atoms with Crippen LogP contribution in [0.1, 0.15) is 31.7 Å². The lowest BCUT2D eigenvalue weighted by molar-refractivity contribution is -0.116. The molecule has 0 fully saturated rings. The van der Waals surface area contributed by atoms with Crippen LogP contribution in [0.4, 0.5) is 0 Å². The Balaban J connectivity index is 1.79. The zero-order valence-electron chi connectivity index (χ0n) is 13.0. The zero-order valence-corrected chi connectivity index (χ0v) is 13.8. The number of aliphatic hydroxyl groups is 1. The number of fused-ring (bicyclic) bond motifs is 1. The van der Waals surface area contributed by atoms with E-state index in [1.807, 2.05) is 38.1 Å². The molecule has 0 aliphatic rings. The Kier molecular flexibility index (Phi) is 5.69. The van der Waals surface area contributed by atoms with Gasteiger partial charge < -0.3 is 10.4 Å². The van der Waals surface area contributed by atoms with Crippen molar-refractivity contribution in [2.75, 3.05) is 13.2 Å². The molecule has 0 bridgehead atoms. The second kappa shape index (κ2) is 7.51. The minimum Gasteiger partial charge on any atom is -0.396 e. The summed E-state index contributed by atoms with van der Waals surface area (Å²) >= 11 is 1.57. The van der Waals surface area contributed by atoms with Crippen LogP contribution < -0.4 is 5.32 Å². The van der Waals surface area contributed by atoms with Gasteiger partial charge in [0.2, 0.25) is 5.91 Å². The van der Waals surface area contributed by atoms with Gasteiger partial charge in [0.15, 0.2) is 0 Å². The fraction of sp³-hybridized carbons (Fsp3) is 0.412. The number of nitrogens with zero attached hydrogens (tertiary/aromatic N) is 1. The van der Waals surface area contributed by atoms with Crippen LogP contribution in [0.5, 0.6) is 0 Å². The van der Waals surface area contributed by atoms with Crippen molar-refractivity contribution in [1.82, 2.24) is 10.3 Å². The van der Waals surface area contributed by atoms with Gasteiger partial charge in [0, 0.05) is 19.2 Å². The maximum atomic E-state index is 11.8. The standard InChI is InChI=1S/C17H22N2O2S/c1-17(2,12-20)10-5-11-18-15(21)8-9-16-19-13-6-3-4-7-14(13)22-16/h3-4,6-9,20H,5,10-12H2,1-2H3,(H,18,21)/b9-8+. The lowest BCUT2D eigenvalue weighted by atomic mass is 9.89. The molecule has 118 valence electrons. The Bertz CT molecular complexity index is 628. The van der Waals surface area contributed by atoms with Gasteiger partial charge in [-0.15, -0.1) is 11.3 Å². The van der Waals surface area contributed by atoms with Gasteiger partial charge in [-0.05, 0) is 36.5 Å². The first-order chi connectivity index (χ1) is 10.5. The summed E-state index contributed by atoms with van der Waals surface area (Å²) in [4.78, 5) is 16.2. The normalized spacial score (nSPS) is 12.1. The van der Waals surface area contributed by atoms with Crippen molar-refractivity contribution in [2.45, 2.75) is 26.7 Å². The van der Waals surface area contributed by atoms with Crippen molar-refractivity contribution in [2.24, 2.45) is 5.41 Å². The number of hydrogen-bond donors (Lipinski definition) is 2. The Morgan fingerprint density at radius 1 is 1.41 bits per heavy atom. The molecule has 5 heteroatoms. The number of benzene rings is 1. The molecule has 2 aromatic rings. The maximum absolute atomic E-state index is 11.8. The Morgan fingerprint density at radius 2 is 2.18 bits per heavy atom. The molecule has 0 atom stereocenters. The van der Waals surface area contributed by atoms with Gasteiger partial charge >= 0.3 is 0 Å². The Morgan fingerprint density at radius 3 is 2.91 bits per heavy atom. The molecule has 1 aromatic carbocycles. The highest BCUT2D eigenvalue weighted by Gasteiger charge is 2.15. The van der Waals surface area contributed by atoms with E-state index in [2.05, 4.69) is 10.3 Å². The van der Waals surface area contributed by atoms with E-state index < -0.39 is 0 Å². The minimum atomic E-state index is -0.110. The number of nitrogens with one attached hydrogen (secondary N) is 1. The third-order valence-corrected chi connectivity index (χ3v) is 4.45. The first-order valence-electron chi connectivity index (χ1n) is 7.42. The second-order valence-corrected chi connectivity index (χ2v) is 7.13. The van der Waals surface area contributed by atoms with E-state index in [-0.39, 0.29) is 17.9 Å². The summed E-state index contributed by atoms with van der Waals surface area (Å²) < 4.78 is 1.12. The number of hydrogen-bond acceptors (Lipinski definition) is 4. The highest BCUT2D eigenvalue weighted by molar-refractivity contribution is 7.19. The maximum Gasteiger partial charge on any atom is 0.244 e. The van der Waals surface area contributed by atoms with Gasteiger partial charge in [0.1, 0.15) is 5.01 Å². The molecule has 1 aromatic heterocycles. The molecular formula is C17H22N2O2S. The summed E-state index contributed by atoms with van der Waals surface area (Å²) in [6.45, 7) is 4.81. The topological polar surface area (TPSA) is 62.2 Å². The quantitative estimate of drug-likeness (QED) is 0.608. The number of para-hydroxylation sites is 1. The molecule has 0 saturated heterocycles. The summed E-state index contributed by atoms with van der Waals surface area (Å²) in [6.07, 6.45) is 5.01. The fourth-order valence-corrected chi connectivity index (χ4v) is 2.90. The molecule has 1 amide bonds. The van der Waals surface area contributed by atoms with Crippen LogP contribution in [0.3, 0.4) is 0 Å². The minimum absolute atomic E-state index is 0.0818. The van der Waals surface area contributed by atoms with Crippen LogP contribution in [0.2, 0.25) is 0 Å². The second-order valence-electron chi connectivity index (χ2n) is 6.07. The lowest BCUT2D eigenvalue weighted by Crippen LogP contribution is -2.24. The van der Waals surface area contributed by atoms with E-state index in [0.29, 0.717) is 6.54 Å². The molecule has 2 rings (SSSR count). The van der Waals surface area contributed by atoms with Crippen molar-refractivity contribution < 1.29 is 9.90 Å². The number of thiazole rings is 1. The average Bonchev–Trinajstić information content (AvgIpc) is 2.92. The highest BCUT2D eigenvalue weighted by Crippen LogP contribution is 2.22. The fourth-order valence-electron chi connectivity index (χ4n) is 2.02. The largest absolute Gasteiger partial charge is 0.396 e. The van der Waals surface area contributed by atoms with Gasteiger partial charge in [-0.25, -0.2) is 4.98 Å². The molecule has 0 unspecified atom stereocenters. The van der Waals surface area contributed by atoms with Gasteiger partial charge in [-0.3, -0.25) is 4.79 Å². The van der Waals surface area contributed by atoms with Gasteiger partial charge in [-0.1, -0.05) is 26.0 Å². The molecule has 4 nitrogen and oxygen atoms in total. The first kappa shape index (κ1) is 16.6. The molecule has 0 aliphatic carbocycles. The van der Waals surface area contributed by atoms with E-state index >= 15 is 0 Å². The monoisotopic (exact) mass is 318 g/mol. The van der Waals surface area contributed by atoms with Crippen LogP contribution in [0.25, 0.3) is 16.3 Å². The average molecular weight is 318 g/mol. The molecule has 0 radical (unpaired) electrons. The number of aromatic nitrogens is 1. The van der Waals surface area contributed by atoms with Crippen molar-refractivity contribution in [1.29, 1.82) is 0 Å². The summed E-state index contributed by atoms with van der Waals surface area (Å²) in [5.74, 6) is -0.110. The molecule has 2 N–H and O–H groups in total. The van der Waals surface area contributed by atoms with Crippen LogP contribution in [0, 0.1) is 5.41 Å². The summed E-state index contributed by atoms with van der Waals surface area (Å²) in [5.41, 5.74) is 0.875. The van der Waals surface area contributed by atoms with Crippen LogP contribution in [-0.4, -0.2) is 29.1 Å². The number of aliphatic hydroxyl groups excluding tert-OH is 1. The van der Waals surface area contributed by atoms with Crippen molar-refractivity contribution in [3.63, 3.8) is 0 Å². The first-order valence-corrected chi connectivity index (χ1v) is 8.24. The van der Waals surface area contributed by atoms with Crippen LogP contribution >= 0.6 is 11.3 Å². The van der Waals surface area contributed by atoms with Gasteiger partial charge in [0.25, 0.3) is 0 Å². The molecule has 0 saturated carbocycles. The van der Waals surface area contributed by atoms with E-state index in [1.165, 1.54) is 6.08 Å². The third-order valence-electron chi connectivity index (χ3n) is 3.45. The number of amides is 1. The molecule has 1 heterocycles. The molecule has 0 aliphatic heterocycles. The van der Waals surface area contributed by atoms with E-state index in [9.17, 15) is 4.79 Å². The highest BCUT2D eigenvalue weighted by atomic mass is 32.1. The molecular weight excluding hydrogens is 296 g/mol. The van der Waals surface area contributed by atoms with E-state index in [4.69, 9.17) is 5.11 Å². The Labute approximate surface area is 134 Å². The van der Waals surface area contributed by atoms with Crippen molar-refractivity contribution >= 4 is 33.5 Å². The SMILES string of the molecule is CC(C)(CO)CCCNC(=O)/C=C/c1nc2ccccc2s1. The number of rotatable bonds is 7. The van der Waals surface area contributed by atoms with Crippen molar-refractivity contribution in [3.8, 4) is 0 Å². The third kappa shape index (κ3) is 4.93. The smallest absolute Gasteiger partial charge is 0.244 e. The number of carbonyl (C=O) groups excluding carboxylic acids is 1. The Hall–Kier alpha value is -1.72. The van der Waals surface area contributed by atoms with Crippen LogP contribution in [0.15, 0.2) is 30.3 Å².